The maximum Gasteiger partial charge on any atom is 0.136 e. The Morgan fingerprint density at radius 3 is 1.54 bits per heavy atom. The minimum absolute atomic E-state index is 0.0400. The van der Waals surface area contributed by atoms with Crippen LogP contribution in [0, 0.1) is 0 Å². The molecule has 0 aliphatic carbocycles. The lowest BCUT2D eigenvalue weighted by molar-refractivity contribution is 0.669. The van der Waals surface area contributed by atoms with E-state index in [0.717, 1.165) is 0 Å². The Morgan fingerprint density at radius 1 is 0.385 bits per heavy atom. The number of hydrogen-bond acceptors (Lipinski definition) is 1. The van der Waals surface area contributed by atoms with E-state index in [1.807, 2.05) is 0 Å². The van der Waals surface area contributed by atoms with E-state index in [-0.39, 0.29) is 44.7 Å². The van der Waals surface area contributed by atoms with E-state index < -0.39 is 102 Å². The number of furan rings is 1. The zero-order valence-electron chi connectivity index (χ0n) is 36.0. The monoisotopic (exact) mass is 512 g/mol. The summed E-state index contributed by atoms with van der Waals surface area (Å²) in [5, 5.41) is 1.38. The van der Waals surface area contributed by atoms with Crippen molar-refractivity contribution in [3.8, 4) is 33.4 Å². The van der Waals surface area contributed by atoms with Crippen LogP contribution >= 0.6 is 0 Å². The first kappa shape index (κ1) is 11.3. The lowest BCUT2D eigenvalue weighted by Crippen LogP contribution is -1.91. The third kappa shape index (κ3) is 3.48. The highest BCUT2D eigenvalue weighted by molar-refractivity contribution is 6.22. The number of fused-ring (bicyclic) bond motifs is 5. The van der Waals surface area contributed by atoms with Crippen molar-refractivity contribution in [3.05, 3.63) is 145 Å². The highest BCUT2D eigenvalue weighted by atomic mass is 16.3. The van der Waals surface area contributed by atoms with Crippen molar-refractivity contribution < 1.29 is 26.3 Å². The van der Waals surface area contributed by atoms with Crippen LogP contribution in [0.3, 0.4) is 0 Å². The third-order valence-electron chi connectivity index (χ3n) is 6.69. The van der Waals surface area contributed by atoms with E-state index >= 15 is 0 Å². The lowest BCUT2D eigenvalue weighted by Gasteiger charge is -2.18. The molecule has 0 saturated heterocycles. The van der Waals surface area contributed by atoms with Crippen molar-refractivity contribution in [2.45, 2.75) is 0 Å². The summed E-state index contributed by atoms with van der Waals surface area (Å²) >= 11 is 0. The zero-order valence-corrected chi connectivity index (χ0v) is 20.0. The number of rotatable bonds is 3. The van der Waals surface area contributed by atoms with Gasteiger partial charge in [-0.15, -0.1) is 0 Å². The molecule has 0 amide bonds. The minimum Gasteiger partial charge on any atom is -0.456 e. The number of para-hydroxylation sites is 1. The fourth-order valence-electron chi connectivity index (χ4n) is 5.03. The van der Waals surface area contributed by atoms with Gasteiger partial charge in [0.25, 0.3) is 0 Å². The first-order valence-electron chi connectivity index (χ1n) is 20.1. The molecule has 1 aromatic heterocycles. The summed E-state index contributed by atoms with van der Waals surface area (Å²) in [4.78, 5) is 0. The van der Waals surface area contributed by atoms with Gasteiger partial charge in [-0.05, 0) is 73.1 Å². The molecule has 0 saturated carbocycles. The van der Waals surface area contributed by atoms with Crippen LogP contribution in [0.5, 0.6) is 0 Å². The van der Waals surface area contributed by atoms with E-state index in [1.165, 1.54) is 0 Å². The SMILES string of the molecule is [2H]c1c([2H])c([2H])c(-c2c([2H])c([2H])c(-c3c4ccccc4c(-c4c([2H])c([2H])c5c(oc6c([2H])c([2H])c([2H])c([2H])c65)c4[2H])c4ccccc34)c([2H])c2[2H])c([2H])c1[2H]. The molecule has 0 spiro atoms. The fourth-order valence-corrected chi connectivity index (χ4v) is 5.03. The van der Waals surface area contributed by atoms with Crippen molar-refractivity contribution in [3.63, 3.8) is 0 Å². The minimum atomic E-state index is -0.689. The van der Waals surface area contributed by atoms with Crippen molar-refractivity contribution in [2.75, 3.05) is 0 Å². The molecule has 39 heavy (non-hydrogen) atoms. The van der Waals surface area contributed by atoms with Crippen molar-refractivity contribution in [1.29, 1.82) is 0 Å². The van der Waals surface area contributed by atoms with E-state index in [4.69, 9.17) is 20.9 Å². The normalized spacial score (nSPS) is 17.3. The summed E-state index contributed by atoms with van der Waals surface area (Å²) in [5.41, 5.74) is -0.990. The summed E-state index contributed by atoms with van der Waals surface area (Å²) < 4.78 is 145. The van der Waals surface area contributed by atoms with Gasteiger partial charge in [0.15, 0.2) is 0 Å². The second-order valence-corrected chi connectivity index (χ2v) is 8.85. The maximum atomic E-state index is 9.38. The Kier molecular flexibility index (Phi) is 2.53. The Balaban J connectivity index is 1.50. The first-order valence-corrected chi connectivity index (χ1v) is 12.1. The Morgan fingerprint density at radius 2 is 0.872 bits per heavy atom. The number of hydrogen-bond donors (Lipinski definition) is 0. The summed E-state index contributed by atoms with van der Waals surface area (Å²) in [6, 6.07) is 4.52. The predicted molar refractivity (Wildman–Crippen MR) is 165 cm³/mol. The van der Waals surface area contributed by atoms with Crippen LogP contribution in [-0.2, 0) is 0 Å². The Labute approximate surface area is 249 Å². The van der Waals surface area contributed by atoms with Gasteiger partial charge >= 0.3 is 0 Å². The molecule has 8 aromatic rings. The molecule has 0 fully saturated rings. The lowest BCUT2D eigenvalue weighted by atomic mass is 9.85. The average molecular weight is 513 g/mol. The smallest absolute Gasteiger partial charge is 0.136 e. The van der Waals surface area contributed by atoms with Gasteiger partial charge < -0.3 is 4.42 Å². The fraction of sp³-hybridized carbons (Fsp3) is 0. The molecule has 7 aromatic carbocycles. The standard InChI is InChI=1S/C38H24O/c1-2-10-25(11-3-1)26-18-20-27(21-19-26)37-31-13-4-6-15-33(31)38(34-16-7-5-14-32(34)37)28-22-23-30-29-12-8-9-17-35(29)39-36(30)24-28/h1-24H/i1D,2D,3D,8D,9D,10D,11D,12D,17D,18D,19D,20D,21D,22D,23D,24D. The summed E-state index contributed by atoms with van der Waals surface area (Å²) in [6.45, 7) is 0. The van der Waals surface area contributed by atoms with E-state index in [0.29, 0.717) is 27.1 Å². The molecule has 1 heterocycles. The molecular weight excluding hydrogens is 472 g/mol. The summed E-state index contributed by atoms with van der Waals surface area (Å²) in [7, 11) is 0. The Hall–Kier alpha value is -5.14. The van der Waals surface area contributed by atoms with Gasteiger partial charge in [-0.2, -0.15) is 0 Å². The highest BCUT2D eigenvalue weighted by Crippen LogP contribution is 2.44. The molecule has 0 radical (unpaired) electrons. The summed E-state index contributed by atoms with van der Waals surface area (Å²) in [5.74, 6) is 0. The molecule has 0 atom stereocenters. The molecule has 0 bridgehead atoms. The highest BCUT2D eigenvalue weighted by Gasteiger charge is 2.17. The van der Waals surface area contributed by atoms with Crippen molar-refractivity contribution >= 4 is 43.5 Å². The average Bonchev–Trinajstić information content (AvgIpc) is 3.59. The molecule has 1 heteroatoms. The van der Waals surface area contributed by atoms with Gasteiger partial charge in [0.05, 0.1) is 21.9 Å². The topological polar surface area (TPSA) is 13.1 Å². The predicted octanol–water partition coefficient (Wildman–Crippen LogP) is 10.9. The molecule has 1 nitrogen and oxygen atoms in total. The van der Waals surface area contributed by atoms with Crippen molar-refractivity contribution in [1.82, 2.24) is 0 Å². The van der Waals surface area contributed by atoms with E-state index in [9.17, 15) is 5.48 Å². The van der Waals surface area contributed by atoms with E-state index in [2.05, 4.69) is 0 Å². The second kappa shape index (κ2) is 8.72. The van der Waals surface area contributed by atoms with Gasteiger partial charge in [0.1, 0.15) is 11.2 Å². The first-order chi connectivity index (χ1) is 26.0. The van der Waals surface area contributed by atoms with Crippen LogP contribution in [-0.4, -0.2) is 0 Å². The van der Waals surface area contributed by atoms with Gasteiger partial charge in [-0.3, -0.25) is 0 Å². The summed E-state index contributed by atoms with van der Waals surface area (Å²) in [6.07, 6.45) is 0. The van der Waals surface area contributed by atoms with Gasteiger partial charge in [0.2, 0.25) is 0 Å². The molecular formula is C38H24O. The molecule has 182 valence electrons. The van der Waals surface area contributed by atoms with Crippen LogP contribution < -0.4 is 0 Å². The molecule has 0 aliphatic heterocycles. The number of benzene rings is 7. The van der Waals surface area contributed by atoms with E-state index in [1.54, 1.807) is 48.5 Å². The maximum absolute atomic E-state index is 9.38. The van der Waals surface area contributed by atoms with Gasteiger partial charge in [0, 0.05) is 10.8 Å². The molecule has 0 N–H and O–H groups in total. The molecule has 0 aliphatic rings. The van der Waals surface area contributed by atoms with Crippen LogP contribution in [0.25, 0.3) is 76.9 Å². The van der Waals surface area contributed by atoms with Crippen LogP contribution in [0.2, 0.25) is 0 Å². The third-order valence-corrected chi connectivity index (χ3v) is 6.69. The van der Waals surface area contributed by atoms with Crippen LogP contribution in [0.4, 0.5) is 0 Å². The largest absolute Gasteiger partial charge is 0.456 e. The Bertz CT molecular complexity index is 2940. The molecule has 8 rings (SSSR count). The quantitative estimate of drug-likeness (QED) is 0.215. The zero-order chi connectivity index (χ0) is 39.7. The van der Waals surface area contributed by atoms with Gasteiger partial charge in [-0.25, -0.2) is 0 Å². The van der Waals surface area contributed by atoms with Gasteiger partial charge in [-0.1, -0.05) is 127 Å². The van der Waals surface area contributed by atoms with Crippen molar-refractivity contribution in [2.24, 2.45) is 0 Å². The van der Waals surface area contributed by atoms with Crippen LogP contribution in [0.1, 0.15) is 21.9 Å². The van der Waals surface area contributed by atoms with Crippen LogP contribution in [0.15, 0.2) is 150 Å². The molecule has 0 unspecified atom stereocenters. The second-order valence-electron chi connectivity index (χ2n) is 8.85.